The van der Waals surface area contributed by atoms with Gasteiger partial charge in [0.25, 0.3) is 5.91 Å². The summed E-state index contributed by atoms with van der Waals surface area (Å²) in [5, 5.41) is 11.7. The van der Waals surface area contributed by atoms with Crippen molar-refractivity contribution in [1.82, 2.24) is 0 Å². The summed E-state index contributed by atoms with van der Waals surface area (Å²) in [5.74, 6) is -1.10. The minimum absolute atomic E-state index is 0.0132. The van der Waals surface area contributed by atoms with Gasteiger partial charge in [-0.15, -0.1) is 0 Å². The topological polar surface area (TPSA) is 58.6 Å². The molecule has 0 saturated heterocycles. The molecule has 0 radical (unpaired) electrons. The van der Waals surface area contributed by atoms with Gasteiger partial charge in [-0.05, 0) is 6.07 Å². The maximum absolute atomic E-state index is 13.1. The molecular formula is C9H8FNO3. The highest BCUT2D eigenvalue weighted by molar-refractivity contribution is 6.01. The zero-order valence-corrected chi connectivity index (χ0v) is 7.37. The fourth-order valence-electron chi connectivity index (χ4n) is 1.40. The third-order valence-corrected chi connectivity index (χ3v) is 2.12. The summed E-state index contributed by atoms with van der Waals surface area (Å²) in [6.45, 7) is 0. The van der Waals surface area contributed by atoms with Crippen molar-refractivity contribution in [1.29, 1.82) is 0 Å². The molecule has 0 aromatic heterocycles. The van der Waals surface area contributed by atoms with Crippen molar-refractivity contribution in [2.75, 3.05) is 12.4 Å². The van der Waals surface area contributed by atoms with Gasteiger partial charge >= 0.3 is 0 Å². The van der Waals surface area contributed by atoms with E-state index in [1.807, 2.05) is 0 Å². The average Bonchev–Trinajstić information content (AvgIpc) is 2.41. The van der Waals surface area contributed by atoms with Crippen LogP contribution >= 0.6 is 0 Å². The van der Waals surface area contributed by atoms with Crippen molar-refractivity contribution in [3.63, 3.8) is 0 Å². The molecule has 4 nitrogen and oxygen atoms in total. The molecule has 74 valence electrons. The Kier molecular flexibility index (Phi) is 1.89. The van der Waals surface area contributed by atoms with E-state index in [0.717, 1.165) is 6.07 Å². The number of benzene rings is 1. The van der Waals surface area contributed by atoms with E-state index in [9.17, 15) is 14.3 Å². The Morgan fingerprint density at radius 1 is 1.57 bits per heavy atom. The van der Waals surface area contributed by atoms with Crippen molar-refractivity contribution in [3.05, 3.63) is 23.5 Å². The minimum Gasteiger partial charge on any atom is -0.494 e. The van der Waals surface area contributed by atoms with E-state index < -0.39 is 17.8 Å². The first-order valence-electron chi connectivity index (χ1n) is 4.00. The van der Waals surface area contributed by atoms with Crippen LogP contribution in [0.1, 0.15) is 11.7 Å². The van der Waals surface area contributed by atoms with Crippen molar-refractivity contribution in [3.8, 4) is 5.75 Å². The van der Waals surface area contributed by atoms with Crippen LogP contribution in [-0.2, 0) is 4.79 Å². The Bertz CT molecular complexity index is 405. The molecule has 0 bridgehead atoms. The van der Waals surface area contributed by atoms with Gasteiger partial charge in [-0.25, -0.2) is 4.39 Å². The van der Waals surface area contributed by atoms with Gasteiger partial charge in [0.2, 0.25) is 0 Å². The van der Waals surface area contributed by atoms with E-state index in [2.05, 4.69) is 5.32 Å². The quantitative estimate of drug-likeness (QED) is 0.700. The number of rotatable bonds is 1. The number of ether oxygens (including phenoxy) is 1. The van der Waals surface area contributed by atoms with Gasteiger partial charge in [-0.1, -0.05) is 0 Å². The normalized spacial score (nSPS) is 19.1. The van der Waals surface area contributed by atoms with Gasteiger partial charge in [0, 0.05) is 11.6 Å². The molecule has 1 unspecified atom stereocenters. The molecule has 2 N–H and O–H groups in total. The fraction of sp³-hybridized carbons (Fsp3) is 0.222. The third-order valence-electron chi connectivity index (χ3n) is 2.12. The molecule has 0 aliphatic carbocycles. The largest absolute Gasteiger partial charge is 0.494 e. The molecule has 2 rings (SSSR count). The lowest BCUT2D eigenvalue weighted by molar-refractivity contribution is -0.123. The number of anilines is 1. The van der Waals surface area contributed by atoms with Crippen molar-refractivity contribution >= 4 is 11.6 Å². The number of fused-ring (bicyclic) bond motifs is 1. The van der Waals surface area contributed by atoms with E-state index in [1.54, 1.807) is 0 Å². The van der Waals surface area contributed by atoms with E-state index in [0.29, 0.717) is 11.3 Å². The zero-order chi connectivity index (χ0) is 10.3. The predicted molar refractivity (Wildman–Crippen MR) is 46.5 cm³/mol. The summed E-state index contributed by atoms with van der Waals surface area (Å²) in [4.78, 5) is 11.0. The summed E-state index contributed by atoms with van der Waals surface area (Å²) >= 11 is 0. The van der Waals surface area contributed by atoms with Gasteiger partial charge in [0.1, 0.15) is 0 Å². The highest BCUT2D eigenvalue weighted by Crippen LogP contribution is 2.35. The van der Waals surface area contributed by atoms with Crippen molar-refractivity contribution in [2.45, 2.75) is 6.10 Å². The van der Waals surface area contributed by atoms with Gasteiger partial charge in [0.15, 0.2) is 17.7 Å². The average molecular weight is 197 g/mol. The van der Waals surface area contributed by atoms with E-state index in [4.69, 9.17) is 4.74 Å². The van der Waals surface area contributed by atoms with Crippen LogP contribution in [0.4, 0.5) is 10.1 Å². The number of carbonyl (C=O) groups is 1. The first-order chi connectivity index (χ1) is 6.63. The molecule has 1 atom stereocenters. The molecule has 1 aromatic carbocycles. The number of nitrogens with one attached hydrogen (secondary N) is 1. The number of methoxy groups -OCH3 is 1. The van der Waals surface area contributed by atoms with Crippen LogP contribution in [-0.4, -0.2) is 18.1 Å². The van der Waals surface area contributed by atoms with Crippen molar-refractivity contribution in [2.24, 2.45) is 0 Å². The monoisotopic (exact) mass is 197 g/mol. The lowest BCUT2D eigenvalue weighted by atomic mass is 10.1. The second kappa shape index (κ2) is 2.95. The molecule has 1 amide bonds. The summed E-state index contributed by atoms with van der Waals surface area (Å²) in [6.07, 6.45) is -1.24. The lowest BCUT2D eigenvalue weighted by Gasteiger charge is -2.05. The predicted octanol–water partition coefficient (Wildman–Crippen LogP) is 0.820. The van der Waals surface area contributed by atoms with Crippen molar-refractivity contribution < 1.29 is 19.0 Å². The summed E-state index contributed by atoms with van der Waals surface area (Å²) < 4.78 is 17.9. The Morgan fingerprint density at radius 2 is 2.29 bits per heavy atom. The number of hydrogen-bond donors (Lipinski definition) is 2. The summed E-state index contributed by atoms with van der Waals surface area (Å²) in [5.41, 5.74) is 0.633. The van der Waals surface area contributed by atoms with Crippen LogP contribution in [0.5, 0.6) is 5.75 Å². The molecule has 0 spiro atoms. The Balaban J connectivity index is 2.55. The molecule has 1 heterocycles. The molecule has 0 saturated carbocycles. The minimum atomic E-state index is -1.24. The Hall–Kier alpha value is -1.62. The highest BCUT2D eigenvalue weighted by Gasteiger charge is 2.29. The SMILES string of the molecule is COc1cc2c(cc1F)NC(=O)C2O. The van der Waals surface area contributed by atoms with Gasteiger partial charge in [-0.3, -0.25) is 4.79 Å². The second-order valence-electron chi connectivity index (χ2n) is 2.97. The number of hydrogen-bond acceptors (Lipinski definition) is 3. The second-order valence-corrected chi connectivity index (χ2v) is 2.97. The molecule has 1 aromatic rings. The van der Waals surface area contributed by atoms with Crippen LogP contribution in [0.15, 0.2) is 12.1 Å². The summed E-state index contributed by atoms with van der Waals surface area (Å²) in [6, 6.07) is 2.44. The number of aliphatic hydroxyl groups excluding tert-OH is 1. The highest BCUT2D eigenvalue weighted by atomic mass is 19.1. The standard InChI is InChI=1S/C9H8FNO3/c1-14-7-2-4-6(3-5(7)10)11-9(13)8(4)12/h2-3,8,12H,1H3,(H,11,13). The maximum atomic E-state index is 13.1. The van der Waals surface area contributed by atoms with E-state index in [-0.39, 0.29) is 5.75 Å². The van der Waals surface area contributed by atoms with E-state index in [1.165, 1.54) is 13.2 Å². The van der Waals surface area contributed by atoms with Gasteiger partial charge in [-0.2, -0.15) is 0 Å². The van der Waals surface area contributed by atoms with Gasteiger partial charge < -0.3 is 15.2 Å². The summed E-state index contributed by atoms with van der Waals surface area (Å²) in [7, 11) is 1.32. The van der Waals surface area contributed by atoms with Crippen LogP contribution in [0.3, 0.4) is 0 Å². The van der Waals surface area contributed by atoms with Crippen LogP contribution < -0.4 is 10.1 Å². The number of halogens is 1. The fourth-order valence-corrected chi connectivity index (χ4v) is 1.40. The zero-order valence-electron chi connectivity index (χ0n) is 7.37. The molecule has 5 heteroatoms. The maximum Gasteiger partial charge on any atom is 0.257 e. The van der Waals surface area contributed by atoms with Gasteiger partial charge in [0.05, 0.1) is 12.8 Å². The molecular weight excluding hydrogens is 189 g/mol. The molecule has 1 aliphatic heterocycles. The third kappa shape index (κ3) is 1.13. The van der Waals surface area contributed by atoms with Crippen LogP contribution in [0.25, 0.3) is 0 Å². The lowest BCUT2D eigenvalue weighted by Crippen LogP contribution is -2.10. The number of aliphatic hydroxyl groups is 1. The Labute approximate surface area is 79.3 Å². The van der Waals surface area contributed by atoms with Crippen LogP contribution in [0.2, 0.25) is 0 Å². The van der Waals surface area contributed by atoms with Crippen LogP contribution in [0, 0.1) is 5.82 Å². The van der Waals surface area contributed by atoms with E-state index >= 15 is 0 Å². The molecule has 1 aliphatic rings. The molecule has 14 heavy (non-hydrogen) atoms. The first kappa shape index (κ1) is 8.96. The smallest absolute Gasteiger partial charge is 0.257 e. The number of carbonyl (C=O) groups excluding carboxylic acids is 1. The first-order valence-corrected chi connectivity index (χ1v) is 4.00. The molecule has 0 fully saturated rings. The number of amides is 1. The Morgan fingerprint density at radius 3 is 2.93 bits per heavy atom.